The first kappa shape index (κ1) is 22.0. The first-order valence-corrected chi connectivity index (χ1v) is 10.2. The molecular formula is C18H24FN3O5S. The molecule has 10 heteroatoms. The molecule has 1 N–H and O–H groups in total. The summed E-state index contributed by atoms with van der Waals surface area (Å²) < 4.78 is 46.9. The van der Waals surface area contributed by atoms with E-state index in [2.05, 4.69) is 4.98 Å². The number of benzene rings is 1. The molecule has 2 aromatic rings. The second-order valence-electron chi connectivity index (χ2n) is 6.65. The molecule has 0 bridgehead atoms. The smallest absolute Gasteiger partial charge is 0.290 e. The molecule has 1 aromatic heterocycles. The van der Waals surface area contributed by atoms with Gasteiger partial charge >= 0.3 is 0 Å². The first-order valence-electron chi connectivity index (χ1n) is 8.56. The summed E-state index contributed by atoms with van der Waals surface area (Å²) in [5, 5.41) is 6.89. The monoisotopic (exact) mass is 413 g/mol. The number of halogens is 1. The Bertz CT molecular complexity index is 914. The summed E-state index contributed by atoms with van der Waals surface area (Å²) >= 11 is 0. The lowest BCUT2D eigenvalue weighted by Crippen LogP contribution is -2.32. The Hall–Kier alpha value is -2.30. The Kier molecular flexibility index (Phi) is 7.28. The van der Waals surface area contributed by atoms with Gasteiger partial charge in [0.25, 0.3) is 6.47 Å². The molecule has 1 aliphatic rings. The van der Waals surface area contributed by atoms with E-state index in [1.54, 1.807) is 18.5 Å². The Morgan fingerprint density at radius 3 is 2.71 bits per heavy atom. The predicted molar refractivity (Wildman–Crippen MR) is 102 cm³/mol. The number of aromatic nitrogens is 2. The highest BCUT2D eigenvalue weighted by molar-refractivity contribution is 7.89. The average Bonchev–Trinajstić information content (AvgIpc) is 3.26. The standard InChI is InChI=1S/C17H22FN3O3S.CH2O2/c1-12-4-5-14(18)8-15(12)17-19-6-7-21(17)16-10-24-9-13(16)11-25(22,23)20(2)3;2-1-3/h4-8,13,16H,9-11H2,1-3H3;1H,(H,2,3)/t13-,16-;/m1./s1. The van der Waals surface area contributed by atoms with Crippen molar-refractivity contribution in [3.63, 3.8) is 0 Å². The van der Waals surface area contributed by atoms with Crippen LogP contribution in [0, 0.1) is 18.7 Å². The second-order valence-corrected chi connectivity index (χ2v) is 8.88. The van der Waals surface area contributed by atoms with Crippen LogP contribution in [0.5, 0.6) is 0 Å². The largest absolute Gasteiger partial charge is 0.483 e. The van der Waals surface area contributed by atoms with Gasteiger partial charge in [-0.05, 0) is 24.6 Å². The molecule has 0 amide bonds. The molecular weight excluding hydrogens is 389 g/mol. The number of rotatable bonds is 5. The van der Waals surface area contributed by atoms with Crippen LogP contribution in [-0.4, -0.2) is 66.9 Å². The molecule has 1 fully saturated rings. The van der Waals surface area contributed by atoms with Gasteiger partial charge in [0, 0.05) is 38.0 Å². The van der Waals surface area contributed by atoms with E-state index in [0.29, 0.717) is 24.6 Å². The molecule has 2 atom stereocenters. The summed E-state index contributed by atoms with van der Waals surface area (Å²) in [6.45, 7) is 2.43. The number of carbonyl (C=O) groups is 1. The van der Waals surface area contributed by atoms with Gasteiger partial charge in [-0.1, -0.05) is 6.07 Å². The zero-order valence-corrected chi connectivity index (χ0v) is 16.8. The van der Waals surface area contributed by atoms with Crippen LogP contribution in [-0.2, 0) is 19.6 Å². The van der Waals surface area contributed by atoms with Crippen molar-refractivity contribution in [1.29, 1.82) is 0 Å². The Labute approximate surface area is 163 Å². The summed E-state index contributed by atoms with van der Waals surface area (Å²) in [7, 11) is -0.285. The van der Waals surface area contributed by atoms with Crippen molar-refractivity contribution in [2.45, 2.75) is 13.0 Å². The molecule has 0 aliphatic carbocycles. The van der Waals surface area contributed by atoms with Crippen molar-refractivity contribution in [3.05, 3.63) is 42.0 Å². The number of hydrogen-bond acceptors (Lipinski definition) is 5. The van der Waals surface area contributed by atoms with Gasteiger partial charge in [-0.15, -0.1) is 0 Å². The molecule has 0 spiro atoms. The topological polar surface area (TPSA) is 102 Å². The van der Waals surface area contributed by atoms with Crippen LogP contribution in [0.15, 0.2) is 30.6 Å². The fraction of sp³-hybridized carbons (Fsp3) is 0.444. The minimum absolute atomic E-state index is 0.00438. The van der Waals surface area contributed by atoms with Crippen molar-refractivity contribution in [1.82, 2.24) is 13.9 Å². The van der Waals surface area contributed by atoms with E-state index in [9.17, 15) is 12.8 Å². The molecule has 2 heterocycles. The molecule has 0 radical (unpaired) electrons. The van der Waals surface area contributed by atoms with Crippen molar-refractivity contribution >= 4 is 16.5 Å². The van der Waals surface area contributed by atoms with Crippen LogP contribution >= 0.6 is 0 Å². The molecule has 1 aliphatic heterocycles. The van der Waals surface area contributed by atoms with Gasteiger partial charge in [0.1, 0.15) is 11.6 Å². The molecule has 154 valence electrons. The van der Waals surface area contributed by atoms with Crippen LogP contribution in [0.4, 0.5) is 4.39 Å². The molecule has 1 saturated heterocycles. The normalized spacial score (nSPS) is 19.3. The quantitative estimate of drug-likeness (QED) is 0.750. The highest BCUT2D eigenvalue weighted by Gasteiger charge is 2.35. The first-order chi connectivity index (χ1) is 13.2. The highest BCUT2D eigenvalue weighted by Crippen LogP contribution is 2.32. The SMILES string of the molecule is Cc1ccc(F)cc1-c1nccn1[C@@H]1COC[C@@H]1CS(=O)(=O)N(C)C.O=CO. The van der Waals surface area contributed by atoms with Gasteiger partial charge in [-0.25, -0.2) is 22.1 Å². The number of aryl methyl sites for hydroxylation is 1. The number of carboxylic acid groups (broad SMARTS) is 1. The van der Waals surface area contributed by atoms with E-state index < -0.39 is 10.0 Å². The van der Waals surface area contributed by atoms with E-state index in [-0.39, 0.29) is 30.0 Å². The van der Waals surface area contributed by atoms with Gasteiger partial charge in [0.15, 0.2) is 0 Å². The Balaban J connectivity index is 0.000000878. The zero-order valence-electron chi connectivity index (χ0n) is 15.9. The zero-order chi connectivity index (χ0) is 20.9. The van der Waals surface area contributed by atoms with Gasteiger partial charge < -0.3 is 14.4 Å². The fourth-order valence-electron chi connectivity index (χ4n) is 3.10. The molecule has 8 nitrogen and oxygen atoms in total. The summed E-state index contributed by atoms with van der Waals surface area (Å²) in [6.07, 6.45) is 3.45. The van der Waals surface area contributed by atoms with E-state index in [0.717, 1.165) is 5.56 Å². The third kappa shape index (κ3) is 4.94. The third-order valence-electron chi connectivity index (χ3n) is 4.61. The summed E-state index contributed by atoms with van der Waals surface area (Å²) in [5.41, 5.74) is 1.61. The highest BCUT2D eigenvalue weighted by atomic mass is 32.2. The third-order valence-corrected chi connectivity index (χ3v) is 6.57. The lowest BCUT2D eigenvalue weighted by molar-refractivity contribution is -0.122. The van der Waals surface area contributed by atoms with Gasteiger partial charge in [-0.2, -0.15) is 0 Å². The number of sulfonamides is 1. The van der Waals surface area contributed by atoms with E-state index in [1.165, 1.54) is 30.5 Å². The summed E-state index contributed by atoms with van der Waals surface area (Å²) in [5.74, 6) is 0.114. The maximum Gasteiger partial charge on any atom is 0.290 e. The summed E-state index contributed by atoms with van der Waals surface area (Å²) in [6, 6.07) is 4.42. The minimum atomic E-state index is -3.34. The second kappa shape index (κ2) is 9.26. The van der Waals surface area contributed by atoms with Crippen molar-refractivity contribution < 1.29 is 27.4 Å². The number of ether oxygens (including phenoxy) is 1. The van der Waals surface area contributed by atoms with Crippen LogP contribution in [0.1, 0.15) is 11.6 Å². The van der Waals surface area contributed by atoms with Crippen molar-refractivity contribution in [2.24, 2.45) is 5.92 Å². The Morgan fingerprint density at radius 2 is 2.07 bits per heavy atom. The van der Waals surface area contributed by atoms with Gasteiger partial charge in [0.05, 0.1) is 25.0 Å². The molecule has 28 heavy (non-hydrogen) atoms. The molecule has 0 saturated carbocycles. The fourth-order valence-corrected chi connectivity index (χ4v) is 4.26. The van der Waals surface area contributed by atoms with Gasteiger partial charge in [-0.3, -0.25) is 4.79 Å². The minimum Gasteiger partial charge on any atom is -0.483 e. The van der Waals surface area contributed by atoms with E-state index in [4.69, 9.17) is 14.6 Å². The van der Waals surface area contributed by atoms with Crippen LogP contribution in [0.25, 0.3) is 11.4 Å². The lowest BCUT2D eigenvalue weighted by atomic mass is 10.0. The van der Waals surface area contributed by atoms with Crippen LogP contribution in [0.2, 0.25) is 0 Å². The van der Waals surface area contributed by atoms with Crippen molar-refractivity contribution in [2.75, 3.05) is 33.1 Å². The maximum atomic E-state index is 13.7. The van der Waals surface area contributed by atoms with Crippen LogP contribution < -0.4 is 0 Å². The Morgan fingerprint density at radius 1 is 1.39 bits per heavy atom. The summed E-state index contributed by atoms with van der Waals surface area (Å²) in [4.78, 5) is 12.7. The van der Waals surface area contributed by atoms with E-state index in [1.807, 2.05) is 11.5 Å². The molecule has 1 aromatic carbocycles. The average molecular weight is 413 g/mol. The van der Waals surface area contributed by atoms with Crippen molar-refractivity contribution in [3.8, 4) is 11.4 Å². The number of hydrogen-bond donors (Lipinski definition) is 1. The lowest BCUT2D eigenvalue weighted by Gasteiger charge is -2.23. The van der Waals surface area contributed by atoms with Gasteiger partial charge in [0.2, 0.25) is 10.0 Å². The number of nitrogens with zero attached hydrogens (tertiary/aromatic N) is 3. The van der Waals surface area contributed by atoms with E-state index >= 15 is 0 Å². The predicted octanol–water partition coefficient (Wildman–Crippen LogP) is 1.78. The molecule has 3 rings (SSSR count). The maximum absolute atomic E-state index is 13.7. The molecule has 0 unspecified atom stereocenters. The van der Waals surface area contributed by atoms with Crippen LogP contribution in [0.3, 0.4) is 0 Å². The number of imidazole rings is 1.